The Morgan fingerprint density at radius 3 is 2.11 bits per heavy atom. The van der Waals surface area contributed by atoms with Gasteiger partial charge in [0.15, 0.2) is 5.78 Å². The molecule has 0 aromatic heterocycles. The van der Waals surface area contributed by atoms with Crippen molar-refractivity contribution in [3.05, 3.63) is 35.4 Å². The van der Waals surface area contributed by atoms with E-state index < -0.39 is 11.9 Å². The molecule has 1 aromatic carbocycles. The fraction of sp³-hybridized carbons (Fsp3) is 0.500. The molecule has 0 aliphatic carbocycles. The molecule has 1 rings (SSSR count). The van der Waals surface area contributed by atoms with E-state index in [0.717, 1.165) is 6.42 Å². The molecule has 1 aromatic rings. The molecule has 0 heterocycles. The minimum Gasteiger partial charge on any atom is -0.465 e. The quantitative estimate of drug-likeness (QED) is 0.449. The third-order valence-electron chi connectivity index (χ3n) is 3.14. The number of ether oxygens (including phenoxy) is 1. The maximum Gasteiger partial charge on any atom is 0.317 e. The number of hydrogen-bond acceptors (Lipinski definition) is 3. The highest BCUT2D eigenvalue weighted by atomic mass is 16.5. The van der Waals surface area contributed by atoms with Gasteiger partial charge in [-0.1, -0.05) is 45.0 Å². The van der Waals surface area contributed by atoms with Crippen LogP contribution in [0.2, 0.25) is 0 Å². The van der Waals surface area contributed by atoms with Gasteiger partial charge in [0.25, 0.3) is 0 Å². The molecule has 19 heavy (non-hydrogen) atoms. The number of benzene rings is 1. The molecule has 0 aliphatic heterocycles. The first kappa shape index (κ1) is 15.4. The Morgan fingerprint density at radius 1 is 1.11 bits per heavy atom. The highest BCUT2D eigenvalue weighted by molar-refractivity contribution is 6.08. The normalized spacial score (nSPS) is 12.3. The number of rotatable bonds is 6. The van der Waals surface area contributed by atoms with Crippen LogP contribution in [0.25, 0.3) is 0 Å². The highest BCUT2D eigenvalue weighted by Gasteiger charge is 2.31. The number of hydrogen-bond donors (Lipinski definition) is 0. The van der Waals surface area contributed by atoms with Gasteiger partial charge in [-0.05, 0) is 24.8 Å². The van der Waals surface area contributed by atoms with Gasteiger partial charge < -0.3 is 4.74 Å². The third kappa shape index (κ3) is 3.91. The number of carbonyl (C=O) groups excluding carboxylic acids is 2. The molecule has 3 heteroatoms. The molecular formula is C16H22O3. The molecule has 1 unspecified atom stereocenters. The number of Topliss-reactive ketones (excluding diaryl/α,β-unsaturated/α-hetero) is 1. The van der Waals surface area contributed by atoms with Crippen LogP contribution in [0, 0.1) is 11.8 Å². The summed E-state index contributed by atoms with van der Waals surface area (Å²) in [5.41, 5.74) is 1.75. The lowest BCUT2D eigenvalue weighted by atomic mass is 9.87. The third-order valence-corrected chi connectivity index (χ3v) is 3.14. The molecule has 0 bridgehead atoms. The molecule has 0 N–H and O–H groups in total. The van der Waals surface area contributed by atoms with E-state index in [1.165, 1.54) is 5.56 Å². The van der Waals surface area contributed by atoms with Crippen LogP contribution in [0.3, 0.4) is 0 Å². The van der Waals surface area contributed by atoms with Crippen LogP contribution < -0.4 is 0 Å². The average molecular weight is 262 g/mol. The largest absolute Gasteiger partial charge is 0.465 e. The van der Waals surface area contributed by atoms with E-state index in [9.17, 15) is 9.59 Å². The minimum atomic E-state index is -0.715. The summed E-state index contributed by atoms with van der Waals surface area (Å²) < 4.78 is 4.99. The summed E-state index contributed by atoms with van der Waals surface area (Å²) in [6.45, 7) is 7.83. The average Bonchev–Trinajstić information content (AvgIpc) is 2.38. The lowest BCUT2D eigenvalue weighted by molar-refractivity contribution is -0.147. The van der Waals surface area contributed by atoms with E-state index in [1.54, 1.807) is 19.1 Å². The highest BCUT2D eigenvalue weighted by Crippen LogP contribution is 2.19. The first-order valence-corrected chi connectivity index (χ1v) is 6.81. The Morgan fingerprint density at radius 2 is 1.68 bits per heavy atom. The van der Waals surface area contributed by atoms with Crippen LogP contribution in [-0.4, -0.2) is 18.4 Å². The molecule has 0 radical (unpaired) electrons. The van der Waals surface area contributed by atoms with Gasteiger partial charge in [0, 0.05) is 5.56 Å². The van der Waals surface area contributed by atoms with Gasteiger partial charge in [0.2, 0.25) is 0 Å². The van der Waals surface area contributed by atoms with Crippen LogP contribution in [0.1, 0.15) is 43.6 Å². The lowest BCUT2D eigenvalue weighted by Crippen LogP contribution is -2.30. The van der Waals surface area contributed by atoms with Crippen molar-refractivity contribution < 1.29 is 14.3 Å². The molecule has 0 amide bonds. The first-order chi connectivity index (χ1) is 9.01. The molecule has 0 saturated carbocycles. The second kappa shape index (κ2) is 7.07. The van der Waals surface area contributed by atoms with Crippen molar-refractivity contribution >= 4 is 11.8 Å². The van der Waals surface area contributed by atoms with Crippen molar-refractivity contribution in [3.8, 4) is 0 Å². The molecule has 104 valence electrons. The summed E-state index contributed by atoms with van der Waals surface area (Å²) in [4.78, 5) is 24.3. The molecule has 0 aliphatic rings. The van der Waals surface area contributed by atoms with Crippen molar-refractivity contribution in [1.29, 1.82) is 0 Å². The SMILES string of the molecule is CCOC(=O)C(C(=O)c1ccc(CC)cc1)C(C)C. The minimum absolute atomic E-state index is 0.0719. The summed E-state index contributed by atoms with van der Waals surface area (Å²) >= 11 is 0. The first-order valence-electron chi connectivity index (χ1n) is 6.81. The van der Waals surface area contributed by atoms with E-state index in [1.807, 2.05) is 26.0 Å². The predicted octanol–water partition coefficient (Wildman–Crippen LogP) is 3.27. The monoisotopic (exact) mass is 262 g/mol. The van der Waals surface area contributed by atoms with E-state index in [0.29, 0.717) is 12.2 Å². The Hall–Kier alpha value is -1.64. The summed E-state index contributed by atoms with van der Waals surface area (Å²) in [7, 11) is 0. The van der Waals surface area contributed by atoms with Crippen molar-refractivity contribution in [3.63, 3.8) is 0 Å². The second-order valence-electron chi connectivity index (χ2n) is 4.89. The Bertz CT molecular complexity index is 432. The fourth-order valence-corrected chi connectivity index (χ4v) is 2.00. The summed E-state index contributed by atoms with van der Waals surface area (Å²) in [6, 6.07) is 7.43. The zero-order chi connectivity index (χ0) is 14.4. The van der Waals surface area contributed by atoms with Gasteiger partial charge in [-0.15, -0.1) is 0 Å². The predicted molar refractivity (Wildman–Crippen MR) is 75.1 cm³/mol. The van der Waals surface area contributed by atoms with Crippen LogP contribution in [-0.2, 0) is 16.0 Å². The van der Waals surface area contributed by atoms with E-state index in [2.05, 4.69) is 6.92 Å². The number of esters is 1. The Balaban J connectivity index is 2.95. The van der Waals surface area contributed by atoms with Crippen LogP contribution >= 0.6 is 0 Å². The maximum atomic E-state index is 12.4. The van der Waals surface area contributed by atoms with E-state index in [4.69, 9.17) is 4.74 Å². The van der Waals surface area contributed by atoms with Crippen LogP contribution in [0.15, 0.2) is 24.3 Å². The molecule has 1 atom stereocenters. The van der Waals surface area contributed by atoms with Gasteiger partial charge >= 0.3 is 5.97 Å². The molecule has 3 nitrogen and oxygen atoms in total. The number of ketones is 1. The summed E-state index contributed by atoms with van der Waals surface area (Å²) in [6.07, 6.45) is 0.931. The zero-order valence-electron chi connectivity index (χ0n) is 12.1. The Labute approximate surface area is 115 Å². The van der Waals surface area contributed by atoms with Crippen LogP contribution in [0.4, 0.5) is 0 Å². The Kier molecular flexibility index (Phi) is 5.74. The molecular weight excluding hydrogens is 240 g/mol. The van der Waals surface area contributed by atoms with E-state index >= 15 is 0 Å². The summed E-state index contributed by atoms with van der Waals surface area (Å²) in [5.74, 6) is -1.37. The number of aryl methyl sites for hydroxylation is 1. The van der Waals surface area contributed by atoms with Crippen molar-refractivity contribution in [2.45, 2.75) is 34.1 Å². The lowest BCUT2D eigenvalue weighted by Gasteiger charge is -2.18. The second-order valence-corrected chi connectivity index (χ2v) is 4.89. The standard InChI is InChI=1S/C16H22O3/c1-5-12-7-9-13(10-8-12)15(17)14(11(3)4)16(18)19-6-2/h7-11,14H,5-6H2,1-4H3. The van der Waals surface area contributed by atoms with Crippen molar-refractivity contribution in [2.24, 2.45) is 11.8 Å². The van der Waals surface area contributed by atoms with E-state index in [-0.39, 0.29) is 11.7 Å². The van der Waals surface area contributed by atoms with Gasteiger partial charge in [-0.3, -0.25) is 9.59 Å². The topological polar surface area (TPSA) is 43.4 Å². The zero-order valence-corrected chi connectivity index (χ0v) is 12.1. The van der Waals surface area contributed by atoms with Crippen LogP contribution in [0.5, 0.6) is 0 Å². The molecule has 0 fully saturated rings. The molecule has 0 saturated heterocycles. The van der Waals surface area contributed by atoms with Crippen molar-refractivity contribution in [1.82, 2.24) is 0 Å². The van der Waals surface area contributed by atoms with Gasteiger partial charge in [0.05, 0.1) is 6.61 Å². The molecule has 0 spiro atoms. The number of carbonyl (C=O) groups is 2. The van der Waals surface area contributed by atoms with Gasteiger partial charge in [-0.2, -0.15) is 0 Å². The van der Waals surface area contributed by atoms with Gasteiger partial charge in [0.1, 0.15) is 5.92 Å². The van der Waals surface area contributed by atoms with Crippen molar-refractivity contribution in [2.75, 3.05) is 6.61 Å². The summed E-state index contributed by atoms with van der Waals surface area (Å²) in [5, 5.41) is 0. The van der Waals surface area contributed by atoms with Gasteiger partial charge in [-0.25, -0.2) is 0 Å². The maximum absolute atomic E-state index is 12.4. The fourth-order valence-electron chi connectivity index (χ4n) is 2.00. The smallest absolute Gasteiger partial charge is 0.317 e.